The molecule has 0 saturated heterocycles. The molecule has 0 aliphatic carbocycles. The molecule has 0 bridgehead atoms. The monoisotopic (exact) mass is 781 g/mol. The number of rotatable bonds is 8. The van der Waals surface area contributed by atoms with Crippen LogP contribution >= 0.6 is 11.3 Å². The molecule has 2 heteroatoms. The molecule has 1 aromatic heterocycles. The molecule has 0 amide bonds. The van der Waals surface area contributed by atoms with Crippen molar-refractivity contribution in [2.45, 2.75) is 0 Å². The third-order valence-corrected chi connectivity index (χ3v) is 12.8. The molecule has 0 radical (unpaired) electrons. The van der Waals surface area contributed by atoms with Gasteiger partial charge in [0.25, 0.3) is 0 Å². The van der Waals surface area contributed by atoms with Crippen molar-refractivity contribution in [3.8, 4) is 55.6 Å². The molecule has 0 aliphatic rings. The molecule has 0 aliphatic heterocycles. The van der Waals surface area contributed by atoms with Gasteiger partial charge in [0.2, 0.25) is 0 Å². The molecule has 0 saturated carbocycles. The van der Waals surface area contributed by atoms with Crippen LogP contribution in [0.25, 0.3) is 86.6 Å². The minimum absolute atomic E-state index is 1.09. The fourth-order valence-corrected chi connectivity index (χ4v) is 9.87. The highest BCUT2D eigenvalue weighted by atomic mass is 32.1. The average molecular weight is 782 g/mol. The lowest BCUT2D eigenvalue weighted by Gasteiger charge is -2.27. The number of nitrogens with zero attached hydrogens (tertiary/aromatic N) is 1. The number of benzene rings is 10. The predicted molar refractivity (Wildman–Crippen MR) is 259 cm³/mol. The first-order valence-corrected chi connectivity index (χ1v) is 21.3. The van der Waals surface area contributed by atoms with Crippen molar-refractivity contribution < 1.29 is 0 Å². The van der Waals surface area contributed by atoms with E-state index in [0.29, 0.717) is 0 Å². The maximum absolute atomic E-state index is 2.40. The molecule has 11 aromatic rings. The van der Waals surface area contributed by atoms with E-state index in [0.717, 1.165) is 17.1 Å². The average Bonchev–Trinajstić information content (AvgIpc) is 3.72. The zero-order chi connectivity index (χ0) is 39.8. The van der Waals surface area contributed by atoms with Gasteiger partial charge < -0.3 is 4.90 Å². The van der Waals surface area contributed by atoms with Crippen LogP contribution in [0.2, 0.25) is 0 Å². The SMILES string of the molecule is c1ccc(-c2cc(-c3ccccc3)cc(N(c3ccc(-c4cccc(-c5cccc6ccccc56)c4)cc3)c3ccc(-c4cccc5sc6ccccc6c45)cc3)c2)cc1. The van der Waals surface area contributed by atoms with E-state index >= 15 is 0 Å². The standard InChI is InChI=1S/C58H39NS/c1-3-14-40(15-4-1)47-37-48(41-16-5-2-6-17-41)39-51(38-47)59(50-34-30-44(31-35-50)54-25-13-27-57-58(54)55-23-9-10-26-56(55)60-57)49-32-28-42(29-33-49)45-20-11-21-46(36-45)53-24-12-19-43-18-7-8-22-52(43)53/h1-39H. The maximum Gasteiger partial charge on any atom is 0.0473 e. The van der Waals surface area contributed by atoms with Gasteiger partial charge in [0, 0.05) is 37.2 Å². The molecule has 0 fully saturated rings. The van der Waals surface area contributed by atoms with Gasteiger partial charge in [0.15, 0.2) is 0 Å². The van der Waals surface area contributed by atoms with E-state index in [2.05, 4.69) is 241 Å². The fraction of sp³-hybridized carbons (Fsp3) is 0. The summed E-state index contributed by atoms with van der Waals surface area (Å²) in [5.41, 5.74) is 15.3. The minimum atomic E-state index is 1.09. The Morgan fingerprint density at radius 1 is 0.267 bits per heavy atom. The second-order valence-corrected chi connectivity index (χ2v) is 16.4. The maximum atomic E-state index is 2.40. The Morgan fingerprint density at radius 2 is 0.750 bits per heavy atom. The molecule has 11 rings (SSSR count). The predicted octanol–water partition coefficient (Wildman–Crippen LogP) is 17.0. The van der Waals surface area contributed by atoms with Crippen LogP contribution in [0.15, 0.2) is 237 Å². The molecular formula is C58H39NS. The van der Waals surface area contributed by atoms with Gasteiger partial charge >= 0.3 is 0 Å². The van der Waals surface area contributed by atoms with Gasteiger partial charge in [-0.05, 0) is 127 Å². The normalized spacial score (nSPS) is 11.3. The molecular weight excluding hydrogens is 743 g/mol. The second kappa shape index (κ2) is 15.3. The van der Waals surface area contributed by atoms with Crippen molar-refractivity contribution in [3.05, 3.63) is 237 Å². The largest absolute Gasteiger partial charge is 0.310 e. The summed E-state index contributed by atoms with van der Waals surface area (Å²) in [6.07, 6.45) is 0. The summed E-state index contributed by atoms with van der Waals surface area (Å²) in [4.78, 5) is 2.40. The van der Waals surface area contributed by atoms with E-state index in [1.807, 2.05) is 11.3 Å². The van der Waals surface area contributed by atoms with Crippen molar-refractivity contribution in [3.63, 3.8) is 0 Å². The summed E-state index contributed by atoms with van der Waals surface area (Å²) in [6, 6.07) is 86.2. The first-order valence-electron chi connectivity index (χ1n) is 20.5. The van der Waals surface area contributed by atoms with E-state index in [4.69, 9.17) is 0 Å². The first kappa shape index (κ1) is 35.6. The molecule has 0 spiro atoms. The van der Waals surface area contributed by atoms with Crippen LogP contribution in [-0.2, 0) is 0 Å². The summed E-state index contributed by atoms with van der Waals surface area (Å²) in [5.74, 6) is 0. The minimum Gasteiger partial charge on any atom is -0.310 e. The summed E-state index contributed by atoms with van der Waals surface area (Å²) >= 11 is 1.86. The van der Waals surface area contributed by atoms with Crippen LogP contribution < -0.4 is 4.90 Å². The highest BCUT2D eigenvalue weighted by molar-refractivity contribution is 7.25. The molecule has 0 atom stereocenters. The lowest BCUT2D eigenvalue weighted by molar-refractivity contribution is 1.28. The highest BCUT2D eigenvalue weighted by Crippen LogP contribution is 2.43. The first-order chi connectivity index (χ1) is 29.7. The van der Waals surface area contributed by atoms with E-state index in [-0.39, 0.29) is 0 Å². The van der Waals surface area contributed by atoms with Gasteiger partial charge in [-0.3, -0.25) is 0 Å². The van der Waals surface area contributed by atoms with E-state index < -0.39 is 0 Å². The van der Waals surface area contributed by atoms with Crippen LogP contribution in [0.4, 0.5) is 17.1 Å². The smallest absolute Gasteiger partial charge is 0.0473 e. The van der Waals surface area contributed by atoms with Gasteiger partial charge in [-0.25, -0.2) is 0 Å². The highest BCUT2D eigenvalue weighted by Gasteiger charge is 2.18. The van der Waals surface area contributed by atoms with Crippen molar-refractivity contribution in [2.24, 2.45) is 0 Å². The Labute approximate surface area is 354 Å². The van der Waals surface area contributed by atoms with Crippen molar-refractivity contribution >= 4 is 59.3 Å². The number of thiophene rings is 1. The Bertz CT molecular complexity index is 3230. The van der Waals surface area contributed by atoms with E-state index in [9.17, 15) is 0 Å². The summed E-state index contributed by atoms with van der Waals surface area (Å²) in [5, 5.41) is 5.15. The molecule has 10 aromatic carbocycles. The fourth-order valence-electron chi connectivity index (χ4n) is 8.73. The second-order valence-electron chi connectivity index (χ2n) is 15.3. The van der Waals surface area contributed by atoms with Crippen LogP contribution in [0.1, 0.15) is 0 Å². The van der Waals surface area contributed by atoms with Gasteiger partial charge in [0.1, 0.15) is 0 Å². The van der Waals surface area contributed by atoms with Crippen molar-refractivity contribution in [1.29, 1.82) is 0 Å². The molecule has 282 valence electrons. The quantitative estimate of drug-likeness (QED) is 0.148. The van der Waals surface area contributed by atoms with Crippen LogP contribution in [0.3, 0.4) is 0 Å². The summed E-state index contributed by atoms with van der Waals surface area (Å²) in [6.45, 7) is 0. The molecule has 1 nitrogen and oxygen atoms in total. The number of anilines is 3. The van der Waals surface area contributed by atoms with E-state index in [1.165, 1.54) is 86.6 Å². The van der Waals surface area contributed by atoms with Crippen LogP contribution in [0.5, 0.6) is 0 Å². The number of fused-ring (bicyclic) bond motifs is 4. The zero-order valence-electron chi connectivity index (χ0n) is 32.9. The Hall–Kier alpha value is -7.52. The molecule has 60 heavy (non-hydrogen) atoms. The van der Waals surface area contributed by atoms with Crippen LogP contribution in [0, 0.1) is 0 Å². The molecule has 0 unspecified atom stereocenters. The van der Waals surface area contributed by atoms with Gasteiger partial charge in [-0.1, -0.05) is 176 Å². The van der Waals surface area contributed by atoms with Gasteiger partial charge in [0.05, 0.1) is 0 Å². The molecule has 1 heterocycles. The third kappa shape index (κ3) is 6.63. The Kier molecular flexibility index (Phi) is 9.11. The third-order valence-electron chi connectivity index (χ3n) is 11.7. The summed E-state index contributed by atoms with van der Waals surface area (Å²) < 4.78 is 2.63. The lowest BCUT2D eigenvalue weighted by atomic mass is 9.95. The Balaban J connectivity index is 1.04. The molecule has 0 N–H and O–H groups in total. The van der Waals surface area contributed by atoms with Gasteiger partial charge in [-0.15, -0.1) is 11.3 Å². The topological polar surface area (TPSA) is 3.24 Å². The van der Waals surface area contributed by atoms with Crippen LogP contribution in [-0.4, -0.2) is 0 Å². The van der Waals surface area contributed by atoms with Crippen molar-refractivity contribution in [1.82, 2.24) is 0 Å². The lowest BCUT2D eigenvalue weighted by Crippen LogP contribution is -2.10. The van der Waals surface area contributed by atoms with E-state index in [1.54, 1.807) is 0 Å². The summed E-state index contributed by atoms with van der Waals surface area (Å²) in [7, 11) is 0. The number of hydrogen-bond acceptors (Lipinski definition) is 2. The zero-order valence-corrected chi connectivity index (χ0v) is 33.7. The number of hydrogen-bond donors (Lipinski definition) is 0. The van der Waals surface area contributed by atoms with Crippen molar-refractivity contribution in [2.75, 3.05) is 4.90 Å². The van der Waals surface area contributed by atoms with Gasteiger partial charge in [-0.2, -0.15) is 0 Å². The Morgan fingerprint density at radius 3 is 1.47 bits per heavy atom.